The minimum absolute atomic E-state index is 0.117. The Labute approximate surface area is 215 Å². The first kappa shape index (κ1) is 26.2. The predicted octanol–water partition coefficient (Wildman–Crippen LogP) is 5.57. The third-order valence-electron chi connectivity index (χ3n) is 5.81. The molecule has 2 heterocycles. The molecule has 1 fully saturated rings. The number of nitrogens with zero attached hydrogens (tertiary/aromatic N) is 3. The van der Waals surface area contributed by atoms with Crippen molar-refractivity contribution in [3.8, 4) is 17.0 Å². The summed E-state index contributed by atoms with van der Waals surface area (Å²) in [5.74, 6) is 0.0937. The molecule has 1 saturated heterocycles. The van der Waals surface area contributed by atoms with Crippen LogP contribution in [-0.2, 0) is 18.0 Å². The lowest BCUT2D eigenvalue weighted by molar-refractivity contribution is -0.137. The van der Waals surface area contributed by atoms with Gasteiger partial charge in [0.15, 0.2) is 0 Å². The van der Waals surface area contributed by atoms with Gasteiger partial charge in [0.2, 0.25) is 0 Å². The Kier molecular flexibility index (Phi) is 8.32. The topological polar surface area (TPSA) is 68.6 Å². The molecule has 7 nitrogen and oxygen atoms in total. The smallest absolute Gasteiger partial charge is 0.416 e. The van der Waals surface area contributed by atoms with Crippen LogP contribution >= 0.6 is 15.9 Å². The molecule has 0 spiro atoms. The summed E-state index contributed by atoms with van der Waals surface area (Å²) in [6, 6.07) is 9.30. The molecule has 1 aliphatic rings. The summed E-state index contributed by atoms with van der Waals surface area (Å²) in [5, 5.41) is 7.03. The second kappa shape index (κ2) is 11.4. The molecule has 36 heavy (non-hydrogen) atoms. The summed E-state index contributed by atoms with van der Waals surface area (Å²) in [6.07, 6.45) is -0.659. The molecule has 11 heteroatoms. The molecular weight excluding hydrogens is 541 g/mol. The molecule has 192 valence electrons. The summed E-state index contributed by atoms with van der Waals surface area (Å²) in [7, 11) is 1.80. The van der Waals surface area contributed by atoms with Crippen LogP contribution in [-0.4, -0.2) is 53.6 Å². The number of aromatic nitrogens is 2. The standard InChI is InChI=1S/C25H26BrF3N4O3/c1-32-23(21(26)15-30-32)20-14-19(31-24(34)17-4-6-18(7-5-17)25(27,28)29)8-9-22(20)36-13-11-33-10-2-3-12-35-16-33/h4-9,14-15H,2-3,10-13,16H2,1H3,(H,31,34). The number of carbonyl (C=O) groups is 1. The third-order valence-corrected chi connectivity index (χ3v) is 6.39. The van der Waals surface area contributed by atoms with Crippen LogP contribution in [0, 0.1) is 0 Å². The zero-order valence-electron chi connectivity index (χ0n) is 19.6. The van der Waals surface area contributed by atoms with Crippen LogP contribution in [0.4, 0.5) is 18.9 Å². The SMILES string of the molecule is Cn1ncc(Br)c1-c1cc(NC(=O)c2ccc(C(F)(F)F)cc2)ccc1OCCN1CCCCOC1. The van der Waals surface area contributed by atoms with E-state index in [1.807, 2.05) is 0 Å². The monoisotopic (exact) mass is 566 g/mol. The number of hydrogen-bond acceptors (Lipinski definition) is 5. The van der Waals surface area contributed by atoms with Crippen molar-refractivity contribution < 1.29 is 27.4 Å². The first-order valence-electron chi connectivity index (χ1n) is 11.5. The maximum absolute atomic E-state index is 12.8. The molecule has 2 aromatic carbocycles. The molecule has 1 N–H and O–H groups in total. The number of rotatable bonds is 7. The van der Waals surface area contributed by atoms with Crippen molar-refractivity contribution in [2.45, 2.75) is 19.0 Å². The second-order valence-corrected chi connectivity index (χ2v) is 9.27. The number of anilines is 1. The number of hydrogen-bond donors (Lipinski definition) is 1. The Morgan fingerprint density at radius 3 is 2.67 bits per heavy atom. The number of ether oxygens (including phenoxy) is 2. The van der Waals surface area contributed by atoms with Gasteiger partial charge in [-0.15, -0.1) is 0 Å². The molecular formula is C25H26BrF3N4O3. The lowest BCUT2D eigenvalue weighted by Gasteiger charge is -2.20. The van der Waals surface area contributed by atoms with Gasteiger partial charge in [-0.25, -0.2) is 0 Å². The maximum atomic E-state index is 12.8. The van der Waals surface area contributed by atoms with Gasteiger partial charge in [0.25, 0.3) is 5.91 Å². The summed E-state index contributed by atoms with van der Waals surface area (Å²) in [4.78, 5) is 14.9. The Bertz CT molecular complexity index is 1170. The Hall–Kier alpha value is -2.89. The number of aryl methyl sites for hydroxylation is 1. The number of alkyl halides is 3. The van der Waals surface area contributed by atoms with Crippen molar-refractivity contribution in [1.29, 1.82) is 0 Å². The summed E-state index contributed by atoms with van der Waals surface area (Å²) in [6.45, 7) is 3.47. The highest BCUT2D eigenvalue weighted by molar-refractivity contribution is 9.10. The van der Waals surface area contributed by atoms with Crippen molar-refractivity contribution in [3.63, 3.8) is 0 Å². The number of halogens is 4. The highest BCUT2D eigenvalue weighted by atomic mass is 79.9. The van der Waals surface area contributed by atoms with E-state index in [1.54, 1.807) is 36.1 Å². The van der Waals surface area contributed by atoms with Crippen LogP contribution in [0.15, 0.2) is 53.1 Å². The van der Waals surface area contributed by atoms with Gasteiger partial charge in [-0.05, 0) is 71.2 Å². The van der Waals surface area contributed by atoms with E-state index < -0.39 is 17.6 Å². The lowest BCUT2D eigenvalue weighted by Crippen LogP contribution is -2.30. The fraction of sp³-hybridized carbons (Fsp3) is 0.360. The zero-order chi connectivity index (χ0) is 25.7. The van der Waals surface area contributed by atoms with Crippen LogP contribution in [0.1, 0.15) is 28.8 Å². The summed E-state index contributed by atoms with van der Waals surface area (Å²) < 4.78 is 52.7. The van der Waals surface area contributed by atoms with E-state index >= 15 is 0 Å². The van der Waals surface area contributed by atoms with Gasteiger partial charge < -0.3 is 14.8 Å². The number of carbonyl (C=O) groups excluding carboxylic acids is 1. The highest BCUT2D eigenvalue weighted by Crippen LogP contribution is 2.37. The van der Waals surface area contributed by atoms with Crippen LogP contribution in [0.3, 0.4) is 0 Å². The molecule has 0 radical (unpaired) electrons. The molecule has 0 bridgehead atoms. The highest BCUT2D eigenvalue weighted by Gasteiger charge is 2.30. The van der Waals surface area contributed by atoms with E-state index in [9.17, 15) is 18.0 Å². The average Bonchev–Trinajstić information content (AvgIpc) is 3.01. The van der Waals surface area contributed by atoms with E-state index in [2.05, 4.69) is 31.2 Å². The number of amides is 1. The third kappa shape index (κ3) is 6.45. The normalized spacial score (nSPS) is 14.9. The van der Waals surface area contributed by atoms with Gasteiger partial charge >= 0.3 is 6.18 Å². The molecule has 0 aliphatic carbocycles. The first-order chi connectivity index (χ1) is 17.2. The van der Waals surface area contributed by atoms with E-state index in [0.717, 1.165) is 60.4 Å². The van der Waals surface area contributed by atoms with Gasteiger partial charge in [0, 0.05) is 43.6 Å². The predicted molar refractivity (Wildman–Crippen MR) is 133 cm³/mol. The van der Waals surface area contributed by atoms with Crippen LogP contribution in [0.5, 0.6) is 5.75 Å². The molecule has 3 aromatic rings. The zero-order valence-corrected chi connectivity index (χ0v) is 21.2. The van der Waals surface area contributed by atoms with Crippen LogP contribution < -0.4 is 10.1 Å². The molecule has 1 aliphatic heterocycles. The lowest BCUT2D eigenvalue weighted by atomic mass is 10.1. The average molecular weight is 567 g/mol. The van der Waals surface area contributed by atoms with Crippen molar-refractivity contribution in [2.75, 3.05) is 38.4 Å². The number of nitrogens with one attached hydrogen (secondary N) is 1. The summed E-state index contributed by atoms with van der Waals surface area (Å²) >= 11 is 3.52. The van der Waals surface area contributed by atoms with E-state index in [-0.39, 0.29) is 5.56 Å². The van der Waals surface area contributed by atoms with Crippen molar-refractivity contribution >= 4 is 27.5 Å². The molecule has 0 saturated carbocycles. The van der Waals surface area contributed by atoms with Crippen molar-refractivity contribution in [1.82, 2.24) is 14.7 Å². The Morgan fingerprint density at radius 1 is 1.19 bits per heavy atom. The first-order valence-corrected chi connectivity index (χ1v) is 12.2. The minimum Gasteiger partial charge on any atom is -0.492 e. The van der Waals surface area contributed by atoms with E-state index in [0.29, 0.717) is 36.9 Å². The molecule has 4 rings (SSSR count). The van der Waals surface area contributed by atoms with E-state index in [4.69, 9.17) is 9.47 Å². The fourth-order valence-electron chi connectivity index (χ4n) is 3.91. The molecule has 0 atom stereocenters. The minimum atomic E-state index is -4.46. The van der Waals surface area contributed by atoms with Gasteiger partial charge in [-0.3, -0.25) is 14.4 Å². The van der Waals surface area contributed by atoms with Gasteiger partial charge in [-0.1, -0.05) is 0 Å². The fourth-order valence-corrected chi connectivity index (χ4v) is 4.47. The van der Waals surface area contributed by atoms with Crippen LogP contribution in [0.2, 0.25) is 0 Å². The van der Waals surface area contributed by atoms with Crippen LogP contribution in [0.25, 0.3) is 11.3 Å². The number of benzene rings is 2. The van der Waals surface area contributed by atoms with E-state index in [1.165, 1.54) is 0 Å². The van der Waals surface area contributed by atoms with Crippen molar-refractivity contribution in [3.05, 3.63) is 64.3 Å². The Balaban J connectivity index is 1.52. The maximum Gasteiger partial charge on any atom is 0.416 e. The second-order valence-electron chi connectivity index (χ2n) is 8.42. The molecule has 0 unspecified atom stereocenters. The van der Waals surface area contributed by atoms with Gasteiger partial charge in [0.05, 0.1) is 28.7 Å². The molecule has 1 aromatic heterocycles. The molecule has 1 amide bonds. The summed E-state index contributed by atoms with van der Waals surface area (Å²) in [5.41, 5.74) is 1.24. The quantitative estimate of drug-likeness (QED) is 0.405. The van der Waals surface area contributed by atoms with Gasteiger partial charge in [-0.2, -0.15) is 18.3 Å². The largest absolute Gasteiger partial charge is 0.492 e. The van der Waals surface area contributed by atoms with Crippen molar-refractivity contribution in [2.24, 2.45) is 7.05 Å². The van der Waals surface area contributed by atoms with Gasteiger partial charge in [0.1, 0.15) is 12.4 Å². The Morgan fingerprint density at radius 2 is 1.97 bits per heavy atom.